The molecule has 1 spiro atoms. The molecule has 170 valence electrons. The van der Waals surface area contributed by atoms with Gasteiger partial charge in [-0.2, -0.15) is 0 Å². The predicted molar refractivity (Wildman–Crippen MR) is 127 cm³/mol. The van der Waals surface area contributed by atoms with Crippen molar-refractivity contribution in [2.45, 2.75) is 30.8 Å². The number of hydrogen-bond donors (Lipinski definition) is 0. The minimum atomic E-state index is -0.261. The number of carbonyl (C=O) groups is 1. The number of fused-ring (bicyclic) bond motifs is 1. The number of para-hydroxylation sites is 1. The van der Waals surface area contributed by atoms with E-state index in [0.717, 1.165) is 25.0 Å². The van der Waals surface area contributed by atoms with Gasteiger partial charge in [0.15, 0.2) is 11.5 Å². The van der Waals surface area contributed by atoms with Gasteiger partial charge in [-0.15, -0.1) is 0 Å². The Bertz CT molecular complexity index is 1140. The molecule has 0 N–H and O–H groups in total. The Morgan fingerprint density at radius 3 is 2.33 bits per heavy atom. The van der Waals surface area contributed by atoms with Gasteiger partial charge < -0.3 is 19.1 Å². The average Bonchev–Trinajstić information content (AvgIpc) is 2.88. The largest absolute Gasteiger partial charge is 0.493 e. The van der Waals surface area contributed by atoms with Crippen LogP contribution in [0.4, 0.5) is 0 Å². The van der Waals surface area contributed by atoms with Crippen molar-refractivity contribution < 1.29 is 19.0 Å². The summed E-state index contributed by atoms with van der Waals surface area (Å²) in [6.07, 6.45) is 2.54. The maximum atomic E-state index is 13.2. The molecule has 0 radical (unpaired) electrons. The second kappa shape index (κ2) is 8.81. The molecule has 33 heavy (non-hydrogen) atoms. The van der Waals surface area contributed by atoms with E-state index in [1.165, 1.54) is 11.1 Å². The fraction of sp³-hybridized carbons (Fsp3) is 0.321. The van der Waals surface area contributed by atoms with E-state index in [1.54, 1.807) is 32.4 Å². The molecule has 2 aliphatic rings. The smallest absolute Gasteiger partial charge is 0.253 e. The summed E-state index contributed by atoms with van der Waals surface area (Å²) in [6, 6.07) is 24.4. The van der Waals surface area contributed by atoms with E-state index < -0.39 is 0 Å². The normalized spacial score (nSPS) is 18.8. The van der Waals surface area contributed by atoms with Crippen LogP contribution < -0.4 is 14.2 Å². The average molecular weight is 444 g/mol. The lowest BCUT2D eigenvalue weighted by atomic mass is 9.75. The monoisotopic (exact) mass is 443 g/mol. The lowest BCUT2D eigenvalue weighted by molar-refractivity contribution is -0.0149. The molecule has 1 fully saturated rings. The standard InChI is InChI=1S/C28H29NO4/c1-31-25-13-12-21(18-26(25)32-2)27(30)29-16-14-28(15-17-29)19-23(20-8-4-3-5-9-20)22-10-6-7-11-24(22)33-28/h3-13,18,23H,14-17,19H2,1-2H3. The molecule has 3 aromatic rings. The van der Waals surface area contributed by atoms with Gasteiger partial charge in [0.1, 0.15) is 11.4 Å². The van der Waals surface area contributed by atoms with Gasteiger partial charge in [0.05, 0.1) is 14.2 Å². The minimum absolute atomic E-state index is 0.0154. The van der Waals surface area contributed by atoms with Gasteiger partial charge in [-0.1, -0.05) is 48.5 Å². The van der Waals surface area contributed by atoms with Crippen molar-refractivity contribution in [1.29, 1.82) is 0 Å². The van der Waals surface area contributed by atoms with Crippen LogP contribution in [0, 0.1) is 0 Å². The molecule has 0 aliphatic carbocycles. The number of hydrogen-bond acceptors (Lipinski definition) is 4. The van der Waals surface area contributed by atoms with Crippen LogP contribution in [-0.2, 0) is 0 Å². The number of likely N-dealkylation sites (tertiary alicyclic amines) is 1. The van der Waals surface area contributed by atoms with E-state index in [9.17, 15) is 4.79 Å². The number of methoxy groups -OCH3 is 2. The van der Waals surface area contributed by atoms with E-state index in [4.69, 9.17) is 14.2 Å². The number of benzene rings is 3. The van der Waals surface area contributed by atoms with Gasteiger partial charge in [0, 0.05) is 43.0 Å². The molecule has 3 aromatic carbocycles. The fourth-order valence-electron chi connectivity index (χ4n) is 5.18. The van der Waals surface area contributed by atoms with Crippen LogP contribution in [-0.4, -0.2) is 43.7 Å². The van der Waals surface area contributed by atoms with Crippen molar-refractivity contribution in [3.63, 3.8) is 0 Å². The Morgan fingerprint density at radius 1 is 0.909 bits per heavy atom. The van der Waals surface area contributed by atoms with Crippen LogP contribution in [0.15, 0.2) is 72.8 Å². The molecule has 5 rings (SSSR count). The first-order chi connectivity index (χ1) is 16.1. The molecule has 1 amide bonds. The minimum Gasteiger partial charge on any atom is -0.493 e. The van der Waals surface area contributed by atoms with Crippen LogP contribution in [0.25, 0.3) is 0 Å². The summed E-state index contributed by atoms with van der Waals surface area (Å²) >= 11 is 0. The zero-order chi connectivity index (χ0) is 22.8. The zero-order valence-electron chi connectivity index (χ0n) is 19.1. The third-order valence-corrected chi connectivity index (χ3v) is 6.99. The van der Waals surface area contributed by atoms with E-state index in [2.05, 4.69) is 48.5 Å². The summed E-state index contributed by atoms with van der Waals surface area (Å²) in [6.45, 7) is 1.33. The van der Waals surface area contributed by atoms with Crippen molar-refractivity contribution in [3.05, 3.63) is 89.5 Å². The lowest BCUT2D eigenvalue weighted by Crippen LogP contribution is -2.51. The molecule has 2 heterocycles. The van der Waals surface area contributed by atoms with Gasteiger partial charge >= 0.3 is 0 Å². The predicted octanol–water partition coefficient (Wildman–Crippen LogP) is 5.29. The van der Waals surface area contributed by atoms with Gasteiger partial charge in [-0.3, -0.25) is 4.79 Å². The first kappa shape index (κ1) is 21.4. The molecular weight excluding hydrogens is 414 g/mol. The summed E-state index contributed by atoms with van der Waals surface area (Å²) in [5.74, 6) is 2.46. The van der Waals surface area contributed by atoms with E-state index in [1.807, 2.05) is 11.0 Å². The van der Waals surface area contributed by atoms with Crippen LogP contribution in [0.5, 0.6) is 17.2 Å². The molecule has 1 unspecified atom stereocenters. The molecule has 0 aromatic heterocycles. The fourth-order valence-corrected chi connectivity index (χ4v) is 5.18. The molecule has 5 heteroatoms. The molecule has 1 saturated heterocycles. The number of rotatable bonds is 4. The highest BCUT2D eigenvalue weighted by atomic mass is 16.5. The Morgan fingerprint density at radius 2 is 1.61 bits per heavy atom. The number of ether oxygens (including phenoxy) is 3. The van der Waals surface area contributed by atoms with E-state index >= 15 is 0 Å². The number of piperidine rings is 1. The quantitative estimate of drug-likeness (QED) is 0.550. The van der Waals surface area contributed by atoms with E-state index in [-0.39, 0.29) is 11.5 Å². The topological polar surface area (TPSA) is 48.0 Å². The first-order valence-corrected chi connectivity index (χ1v) is 11.5. The van der Waals surface area contributed by atoms with Crippen molar-refractivity contribution >= 4 is 5.91 Å². The maximum Gasteiger partial charge on any atom is 0.253 e. The van der Waals surface area contributed by atoms with Crippen molar-refractivity contribution in [2.24, 2.45) is 0 Å². The summed E-state index contributed by atoms with van der Waals surface area (Å²) in [4.78, 5) is 15.1. The highest BCUT2D eigenvalue weighted by Crippen LogP contribution is 2.47. The maximum absolute atomic E-state index is 13.2. The molecule has 2 aliphatic heterocycles. The molecule has 1 atom stereocenters. The van der Waals surface area contributed by atoms with Crippen molar-refractivity contribution in [3.8, 4) is 17.2 Å². The summed E-state index contributed by atoms with van der Waals surface area (Å²) in [7, 11) is 3.17. The van der Waals surface area contributed by atoms with E-state index in [0.29, 0.717) is 36.1 Å². The molecule has 0 bridgehead atoms. The van der Waals surface area contributed by atoms with Crippen LogP contribution in [0.3, 0.4) is 0 Å². The second-order valence-electron chi connectivity index (χ2n) is 8.85. The van der Waals surface area contributed by atoms with Crippen LogP contribution in [0.1, 0.15) is 46.7 Å². The Kier molecular flexibility index (Phi) is 5.71. The number of amides is 1. The summed E-state index contributed by atoms with van der Waals surface area (Å²) in [5.41, 5.74) is 2.92. The Balaban J connectivity index is 1.35. The first-order valence-electron chi connectivity index (χ1n) is 11.5. The van der Waals surface area contributed by atoms with Crippen molar-refractivity contribution in [1.82, 2.24) is 4.90 Å². The van der Waals surface area contributed by atoms with Crippen LogP contribution >= 0.6 is 0 Å². The molecule has 0 saturated carbocycles. The Hall–Kier alpha value is -3.47. The molecule has 5 nitrogen and oxygen atoms in total. The summed E-state index contributed by atoms with van der Waals surface area (Å²) in [5, 5.41) is 0. The van der Waals surface area contributed by atoms with Crippen molar-refractivity contribution in [2.75, 3.05) is 27.3 Å². The van der Waals surface area contributed by atoms with Gasteiger partial charge in [-0.05, 0) is 36.2 Å². The van der Waals surface area contributed by atoms with Gasteiger partial charge in [0.25, 0.3) is 5.91 Å². The van der Waals surface area contributed by atoms with Gasteiger partial charge in [0.2, 0.25) is 0 Å². The third kappa shape index (κ3) is 4.04. The SMILES string of the molecule is COc1ccc(C(=O)N2CCC3(CC2)CC(c2ccccc2)c2ccccc2O3)cc1OC. The highest BCUT2D eigenvalue weighted by Gasteiger charge is 2.44. The summed E-state index contributed by atoms with van der Waals surface area (Å²) < 4.78 is 17.3. The molecular formula is C28H29NO4. The highest BCUT2D eigenvalue weighted by molar-refractivity contribution is 5.95. The second-order valence-corrected chi connectivity index (χ2v) is 8.85. The van der Waals surface area contributed by atoms with Gasteiger partial charge in [-0.25, -0.2) is 0 Å². The van der Waals surface area contributed by atoms with Crippen LogP contribution in [0.2, 0.25) is 0 Å². The lowest BCUT2D eigenvalue weighted by Gasteiger charge is -2.47. The zero-order valence-corrected chi connectivity index (χ0v) is 19.1. The number of carbonyl (C=O) groups excluding carboxylic acids is 1. The Labute approximate surface area is 194 Å². The number of nitrogens with zero attached hydrogens (tertiary/aromatic N) is 1. The third-order valence-electron chi connectivity index (χ3n) is 6.99.